The standard InChI is InChI=1S/C42H40BrF3O6/c43-33-21-22-34(35(23-33)42(44,45)46)37(47)39-41(51-27-32-19-11-4-12-20-32)40(50-26-31-17-9-3-10-18-31)38(49-25-30-15-7-2-8-16-30)36(52-39)28-48-24-29-13-5-1-6-14-29/h1-23,36-41,47H,24-28H2/t36-,37+,38-,39-,40+,41-/m1/s1. The molecule has 6 nitrogen and oxygen atoms in total. The van der Waals surface area contributed by atoms with Gasteiger partial charge in [-0.1, -0.05) is 143 Å². The fourth-order valence-electron chi connectivity index (χ4n) is 6.29. The van der Waals surface area contributed by atoms with E-state index in [9.17, 15) is 18.3 Å². The zero-order valence-corrected chi connectivity index (χ0v) is 29.9. The fourth-order valence-corrected chi connectivity index (χ4v) is 6.65. The van der Waals surface area contributed by atoms with Crippen LogP contribution in [0.4, 0.5) is 13.2 Å². The Kier molecular flexibility index (Phi) is 13.3. The van der Waals surface area contributed by atoms with Gasteiger partial charge in [-0.05, 0) is 39.9 Å². The summed E-state index contributed by atoms with van der Waals surface area (Å²) in [5, 5.41) is 12.0. The van der Waals surface area contributed by atoms with Gasteiger partial charge in [-0.25, -0.2) is 0 Å². The van der Waals surface area contributed by atoms with E-state index in [0.717, 1.165) is 28.3 Å². The summed E-state index contributed by atoms with van der Waals surface area (Å²) >= 11 is 3.16. The number of halogens is 4. The minimum atomic E-state index is -4.75. The van der Waals surface area contributed by atoms with Gasteiger partial charge in [-0.3, -0.25) is 0 Å². The van der Waals surface area contributed by atoms with E-state index in [4.69, 9.17) is 23.7 Å². The first-order valence-electron chi connectivity index (χ1n) is 17.0. The minimum Gasteiger partial charge on any atom is -0.386 e. The van der Waals surface area contributed by atoms with Crippen LogP contribution in [0.1, 0.15) is 39.5 Å². The van der Waals surface area contributed by atoms with Gasteiger partial charge in [0.1, 0.15) is 36.6 Å². The number of benzene rings is 5. The summed E-state index contributed by atoms with van der Waals surface area (Å²) in [4.78, 5) is 0. The molecule has 0 aromatic heterocycles. The highest BCUT2D eigenvalue weighted by atomic mass is 79.9. The topological polar surface area (TPSA) is 66.4 Å². The van der Waals surface area contributed by atoms with Crippen molar-refractivity contribution in [2.24, 2.45) is 0 Å². The van der Waals surface area contributed by atoms with E-state index < -0.39 is 48.4 Å². The van der Waals surface area contributed by atoms with Crippen LogP contribution in [0, 0.1) is 0 Å². The molecule has 6 atom stereocenters. The Morgan fingerprint density at radius 3 is 1.52 bits per heavy atom. The van der Waals surface area contributed by atoms with Crippen LogP contribution in [0.15, 0.2) is 144 Å². The van der Waals surface area contributed by atoms with E-state index in [-0.39, 0.29) is 43.1 Å². The van der Waals surface area contributed by atoms with Crippen LogP contribution < -0.4 is 0 Å². The molecule has 5 aromatic carbocycles. The molecule has 0 spiro atoms. The van der Waals surface area contributed by atoms with Crippen molar-refractivity contribution < 1.29 is 42.0 Å². The van der Waals surface area contributed by atoms with Crippen LogP contribution in [0.25, 0.3) is 0 Å². The summed E-state index contributed by atoms with van der Waals surface area (Å²) in [5.41, 5.74) is 2.21. The van der Waals surface area contributed by atoms with Crippen molar-refractivity contribution in [2.45, 2.75) is 69.2 Å². The molecule has 0 radical (unpaired) electrons. The molecule has 1 aliphatic rings. The van der Waals surface area contributed by atoms with Crippen LogP contribution in [0.5, 0.6) is 0 Å². The second kappa shape index (κ2) is 18.3. The molecule has 0 amide bonds. The number of rotatable bonds is 15. The average molecular weight is 778 g/mol. The Balaban J connectivity index is 1.40. The summed E-state index contributed by atoms with van der Waals surface area (Å²) in [6.07, 6.45) is -11.5. The molecule has 1 saturated heterocycles. The van der Waals surface area contributed by atoms with E-state index in [0.29, 0.717) is 0 Å². The summed E-state index contributed by atoms with van der Waals surface area (Å²) in [5.74, 6) is 0. The molecule has 1 N–H and O–H groups in total. The summed E-state index contributed by atoms with van der Waals surface area (Å²) in [6.45, 7) is 0.678. The maximum atomic E-state index is 14.5. The Bertz CT molecular complexity index is 1800. The Hall–Kier alpha value is -3.87. The molecule has 0 unspecified atom stereocenters. The van der Waals surface area contributed by atoms with E-state index in [1.807, 2.05) is 121 Å². The molecule has 1 fully saturated rings. The van der Waals surface area contributed by atoms with Gasteiger partial charge in [0.25, 0.3) is 0 Å². The summed E-state index contributed by atoms with van der Waals surface area (Å²) in [7, 11) is 0. The summed E-state index contributed by atoms with van der Waals surface area (Å²) in [6, 6.07) is 41.8. The van der Waals surface area contributed by atoms with Crippen molar-refractivity contribution in [3.05, 3.63) is 177 Å². The van der Waals surface area contributed by atoms with E-state index in [1.165, 1.54) is 12.1 Å². The highest BCUT2D eigenvalue weighted by Crippen LogP contribution is 2.41. The first-order valence-corrected chi connectivity index (χ1v) is 17.8. The molecule has 5 aromatic rings. The molecule has 272 valence electrons. The first-order chi connectivity index (χ1) is 25.3. The third-order valence-electron chi connectivity index (χ3n) is 8.87. The number of hydrogen-bond acceptors (Lipinski definition) is 6. The molecule has 1 heterocycles. The van der Waals surface area contributed by atoms with Crippen molar-refractivity contribution in [1.29, 1.82) is 0 Å². The predicted molar refractivity (Wildman–Crippen MR) is 194 cm³/mol. The fraction of sp³-hybridized carbons (Fsp3) is 0.286. The van der Waals surface area contributed by atoms with Gasteiger partial charge in [-0.15, -0.1) is 0 Å². The van der Waals surface area contributed by atoms with E-state index >= 15 is 0 Å². The quantitative estimate of drug-likeness (QED) is 0.114. The van der Waals surface area contributed by atoms with Crippen LogP contribution in [0.3, 0.4) is 0 Å². The number of hydrogen-bond donors (Lipinski definition) is 1. The molecular formula is C42H40BrF3O6. The largest absolute Gasteiger partial charge is 0.416 e. The zero-order valence-electron chi connectivity index (χ0n) is 28.3. The molecule has 10 heteroatoms. The Morgan fingerprint density at radius 2 is 1.04 bits per heavy atom. The smallest absolute Gasteiger partial charge is 0.386 e. The van der Waals surface area contributed by atoms with Gasteiger partial charge in [0.2, 0.25) is 0 Å². The predicted octanol–water partition coefficient (Wildman–Crippen LogP) is 9.24. The number of ether oxygens (including phenoxy) is 5. The van der Waals surface area contributed by atoms with Gasteiger partial charge in [0.15, 0.2) is 0 Å². The maximum absolute atomic E-state index is 14.5. The molecule has 0 saturated carbocycles. The zero-order chi connectivity index (χ0) is 36.3. The average Bonchev–Trinajstić information content (AvgIpc) is 3.16. The van der Waals surface area contributed by atoms with Crippen molar-refractivity contribution in [2.75, 3.05) is 6.61 Å². The van der Waals surface area contributed by atoms with Crippen LogP contribution in [-0.4, -0.2) is 42.2 Å². The number of alkyl halides is 3. The van der Waals surface area contributed by atoms with Crippen LogP contribution >= 0.6 is 15.9 Å². The van der Waals surface area contributed by atoms with Gasteiger partial charge in [0.05, 0.1) is 38.6 Å². The number of aliphatic hydroxyl groups excluding tert-OH is 1. The lowest BCUT2D eigenvalue weighted by atomic mass is 9.87. The second-order valence-corrected chi connectivity index (χ2v) is 13.5. The molecule has 6 rings (SSSR count). The lowest BCUT2D eigenvalue weighted by Crippen LogP contribution is -2.62. The summed E-state index contributed by atoms with van der Waals surface area (Å²) < 4.78 is 76.3. The van der Waals surface area contributed by atoms with Crippen molar-refractivity contribution in [1.82, 2.24) is 0 Å². The van der Waals surface area contributed by atoms with Crippen molar-refractivity contribution >= 4 is 15.9 Å². The van der Waals surface area contributed by atoms with Crippen LogP contribution in [0.2, 0.25) is 0 Å². The van der Waals surface area contributed by atoms with Gasteiger partial charge >= 0.3 is 6.18 Å². The lowest BCUT2D eigenvalue weighted by molar-refractivity contribution is -0.288. The minimum absolute atomic E-state index is 0.000634. The Morgan fingerprint density at radius 1 is 0.596 bits per heavy atom. The van der Waals surface area contributed by atoms with Crippen molar-refractivity contribution in [3.8, 4) is 0 Å². The van der Waals surface area contributed by atoms with Gasteiger partial charge in [0, 0.05) is 4.47 Å². The molecule has 0 bridgehead atoms. The van der Waals surface area contributed by atoms with E-state index in [2.05, 4.69) is 15.9 Å². The Labute approximate surface area is 310 Å². The molecule has 52 heavy (non-hydrogen) atoms. The highest BCUT2D eigenvalue weighted by Gasteiger charge is 2.52. The monoisotopic (exact) mass is 776 g/mol. The lowest BCUT2D eigenvalue weighted by Gasteiger charge is -2.47. The van der Waals surface area contributed by atoms with Gasteiger partial charge < -0.3 is 28.8 Å². The third kappa shape index (κ3) is 10.2. The molecule has 1 aliphatic heterocycles. The molecular weight excluding hydrogens is 737 g/mol. The normalized spacial score (nSPS) is 21.1. The first kappa shape index (κ1) is 37.9. The number of aliphatic hydroxyl groups is 1. The SMILES string of the molecule is O[C@@H](c1ccc(Br)cc1C(F)(F)F)[C@H]1O[C@H](COCc2ccccc2)[C@@H](OCc2ccccc2)[C@H](OCc2ccccc2)[C@@H]1OCc1ccccc1. The van der Waals surface area contributed by atoms with Gasteiger partial charge in [-0.2, -0.15) is 13.2 Å². The van der Waals surface area contributed by atoms with Crippen molar-refractivity contribution in [3.63, 3.8) is 0 Å². The second-order valence-electron chi connectivity index (χ2n) is 12.6. The van der Waals surface area contributed by atoms with E-state index in [1.54, 1.807) is 0 Å². The third-order valence-corrected chi connectivity index (χ3v) is 9.36. The molecule has 0 aliphatic carbocycles. The highest BCUT2D eigenvalue weighted by molar-refractivity contribution is 9.10. The van der Waals surface area contributed by atoms with Crippen LogP contribution in [-0.2, 0) is 56.3 Å². The maximum Gasteiger partial charge on any atom is 0.416 e.